The highest BCUT2D eigenvalue weighted by Gasteiger charge is 2.28. The number of ether oxygens (including phenoxy) is 2. The highest BCUT2D eigenvalue weighted by molar-refractivity contribution is 4.82. The molecule has 2 aliphatic rings. The first kappa shape index (κ1) is 13.3. The Morgan fingerprint density at radius 3 is 2.82 bits per heavy atom. The third-order valence-corrected chi connectivity index (χ3v) is 3.98. The Kier molecular flexibility index (Phi) is 5.75. The van der Waals surface area contributed by atoms with Gasteiger partial charge in [-0.15, -0.1) is 0 Å². The molecule has 3 nitrogen and oxygen atoms in total. The minimum atomic E-state index is 0.485. The van der Waals surface area contributed by atoms with E-state index in [2.05, 4.69) is 12.2 Å². The lowest BCUT2D eigenvalue weighted by atomic mass is 9.91. The van der Waals surface area contributed by atoms with Crippen molar-refractivity contribution < 1.29 is 9.47 Å². The van der Waals surface area contributed by atoms with Crippen molar-refractivity contribution in [2.75, 3.05) is 26.4 Å². The average Bonchev–Trinajstić information content (AvgIpc) is 2.89. The van der Waals surface area contributed by atoms with Crippen LogP contribution < -0.4 is 5.32 Å². The summed E-state index contributed by atoms with van der Waals surface area (Å²) in [5.41, 5.74) is 0. The van der Waals surface area contributed by atoms with Crippen LogP contribution in [0.25, 0.3) is 0 Å². The number of nitrogens with one attached hydrogen (secondary N) is 1. The summed E-state index contributed by atoms with van der Waals surface area (Å²) in [4.78, 5) is 0. The van der Waals surface area contributed by atoms with Crippen LogP contribution in [0.2, 0.25) is 0 Å². The molecule has 0 aromatic heterocycles. The lowest BCUT2D eigenvalue weighted by Gasteiger charge is -2.30. The smallest absolute Gasteiger partial charge is 0.0590 e. The van der Waals surface area contributed by atoms with Gasteiger partial charge in [0.05, 0.1) is 12.7 Å². The fraction of sp³-hybridized carbons (Fsp3) is 1.00. The van der Waals surface area contributed by atoms with Crippen LogP contribution in [-0.2, 0) is 9.47 Å². The molecule has 3 unspecified atom stereocenters. The van der Waals surface area contributed by atoms with Gasteiger partial charge in [0.1, 0.15) is 0 Å². The summed E-state index contributed by atoms with van der Waals surface area (Å²) < 4.78 is 11.4. The molecule has 0 aromatic rings. The van der Waals surface area contributed by atoms with Crippen molar-refractivity contribution in [1.29, 1.82) is 0 Å². The number of hydrogen-bond acceptors (Lipinski definition) is 3. The standard InChI is InChI=1S/C14H27NO2/c1-2-7-15-14(12-6-9-16-11-12)10-13-5-3-4-8-17-13/h12-15H,2-11H2,1H3. The van der Waals surface area contributed by atoms with Gasteiger partial charge in [0.15, 0.2) is 0 Å². The molecule has 0 spiro atoms. The monoisotopic (exact) mass is 241 g/mol. The van der Waals surface area contributed by atoms with Gasteiger partial charge in [0, 0.05) is 19.3 Å². The highest BCUT2D eigenvalue weighted by atomic mass is 16.5. The molecule has 17 heavy (non-hydrogen) atoms. The van der Waals surface area contributed by atoms with E-state index in [0.29, 0.717) is 18.1 Å². The lowest BCUT2D eigenvalue weighted by molar-refractivity contribution is 0.000709. The summed E-state index contributed by atoms with van der Waals surface area (Å²) in [6, 6.07) is 0.598. The van der Waals surface area contributed by atoms with Gasteiger partial charge in [0.2, 0.25) is 0 Å². The molecule has 0 aliphatic carbocycles. The van der Waals surface area contributed by atoms with E-state index in [1.807, 2.05) is 0 Å². The van der Waals surface area contributed by atoms with E-state index in [0.717, 1.165) is 26.4 Å². The zero-order valence-electron chi connectivity index (χ0n) is 11.1. The summed E-state index contributed by atoms with van der Waals surface area (Å²) in [5.74, 6) is 0.701. The molecule has 0 aromatic carbocycles. The normalized spacial score (nSPS) is 31.6. The Morgan fingerprint density at radius 1 is 1.24 bits per heavy atom. The lowest BCUT2D eigenvalue weighted by Crippen LogP contribution is -2.41. The molecule has 2 rings (SSSR count). The Balaban J connectivity index is 1.80. The summed E-state index contributed by atoms with van der Waals surface area (Å²) in [6.45, 7) is 6.20. The van der Waals surface area contributed by atoms with Crippen molar-refractivity contribution in [3.63, 3.8) is 0 Å². The minimum Gasteiger partial charge on any atom is -0.381 e. The zero-order valence-corrected chi connectivity index (χ0v) is 11.1. The summed E-state index contributed by atoms with van der Waals surface area (Å²) in [6.07, 6.45) is 7.91. The molecule has 1 N–H and O–H groups in total. The Bertz CT molecular complexity index is 198. The molecule has 2 aliphatic heterocycles. The van der Waals surface area contributed by atoms with Gasteiger partial charge >= 0.3 is 0 Å². The first-order valence-corrected chi connectivity index (χ1v) is 7.33. The van der Waals surface area contributed by atoms with Crippen LogP contribution in [-0.4, -0.2) is 38.5 Å². The van der Waals surface area contributed by atoms with Gasteiger partial charge < -0.3 is 14.8 Å². The van der Waals surface area contributed by atoms with Crippen molar-refractivity contribution in [2.45, 2.75) is 57.6 Å². The molecule has 0 saturated carbocycles. The zero-order chi connectivity index (χ0) is 11.9. The molecule has 2 fully saturated rings. The van der Waals surface area contributed by atoms with Crippen LogP contribution in [0.4, 0.5) is 0 Å². The van der Waals surface area contributed by atoms with Crippen molar-refractivity contribution in [1.82, 2.24) is 5.32 Å². The predicted octanol–water partition coefficient (Wildman–Crippen LogP) is 2.35. The molecule has 2 saturated heterocycles. The first-order valence-electron chi connectivity index (χ1n) is 7.33. The SMILES string of the molecule is CCCNC(CC1CCCCO1)C1CCOC1. The maximum atomic E-state index is 5.87. The maximum absolute atomic E-state index is 5.87. The minimum absolute atomic E-state index is 0.485. The fourth-order valence-corrected chi connectivity index (χ4v) is 2.92. The molecule has 0 radical (unpaired) electrons. The first-order chi connectivity index (χ1) is 8.40. The summed E-state index contributed by atoms with van der Waals surface area (Å²) in [5, 5.41) is 3.70. The largest absolute Gasteiger partial charge is 0.381 e. The topological polar surface area (TPSA) is 30.5 Å². The second-order valence-corrected chi connectivity index (χ2v) is 5.41. The molecule has 3 atom stereocenters. The van der Waals surface area contributed by atoms with E-state index < -0.39 is 0 Å². The number of hydrogen-bond donors (Lipinski definition) is 1. The van der Waals surface area contributed by atoms with E-state index in [1.165, 1.54) is 38.5 Å². The second kappa shape index (κ2) is 7.34. The van der Waals surface area contributed by atoms with E-state index in [-0.39, 0.29) is 0 Å². The van der Waals surface area contributed by atoms with Gasteiger partial charge in [-0.2, -0.15) is 0 Å². The summed E-state index contributed by atoms with van der Waals surface area (Å²) >= 11 is 0. The van der Waals surface area contributed by atoms with E-state index in [1.54, 1.807) is 0 Å². The molecular formula is C14H27NO2. The van der Waals surface area contributed by atoms with Crippen LogP contribution in [0.15, 0.2) is 0 Å². The summed E-state index contributed by atoms with van der Waals surface area (Å²) in [7, 11) is 0. The maximum Gasteiger partial charge on any atom is 0.0590 e. The van der Waals surface area contributed by atoms with Crippen LogP contribution in [0.1, 0.15) is 45.4 Å². The van der Waals surface area contributed by atoms with Crippen LogP contribution in [0, 0.1) is 5.92 Å². The van der Waals surface area contributed by atoms with Crippen LogP contribution in [0.3, 0.4) is 0 Å². The van der Waals surface area contributed by atoms with E-state index in [9.17, 15) is 0 Å². The molecule has 2 heterocycles. The Hall–Kier alpha value is -0.120. The fourth-order valence-electron chi connectivity index (χ4n) is 2.92. The van der Waals surface area contributed by atoms with Crippen molar-refractivity contribution in [3.8, 4) is 0 Å². The molecule has 3 heteroatoms. The van der Waals surface area contributed by atoms with Crippen LogP contribution in [0.5, 0.6) is 0 Å². The van der Waals surface area contributed by atoms with Gasteiger partial charge in [-0.25, -0.2) is 0 Å². The van der Waals surface area contributed by atoms with Gasteiger partial charge in [0.25, 0.3) is 0 Å². The van der Waals surface area contributed by atoms with Gasteiger partial charge in [-0.3, -0.25) is 0 Å². The second-order valence-electron chi connectivity index (χ2n) is 5.41. The Morgan fingerprint density at radius 2 is 2.18 bits per heavy atom. The molecule has 100 valence electrons. The third kappa shape index (κ3) is 4.23. The van der Waals surface area contributed by atoms with Crippen molar-refractivity contribution in [2.24, 2.45) is 5.92 Å². The van der Waals surface area contributed by atoms with Crippen molar-refractivity contribution >= 4 is 0 Å². The van der Waals surface area contributed by atoms with Crippen molar-refractivity contribution in [3.05, 3.63) is 0 Å². The predicted molar refractivity (Wildman–Crippen MR) is 69.2 cm³/mol. The third-order valence-electron chi connectivity index (χ3n) is 3.98. The van der Waals surface area contributed by atoms with Crippen LogP contribution >= 0.6 is 0 Å². The molecular weight excluding hydrogens is 214 g/mol. The molecule has 0 bridgehead atoms. The highest BCUT2D eigenvalue weighted by Crippen LogP contribution is 2.24. The quantitative estimate of drug-likeness (QED) is 0.774. The average molecular weight is 241 g/mol. The van der Waals surface area contributed by atoms with Gasteiger partial charge in [-0.05, 0) is 51.0 Å². The van der Waals surface area contributed by atoms with E-state index >= 15 is 0 Å². The number of rotatable bonds is 6. The van der Waals surface area contributed by atoms with E-state index in [4.69, 9.17) is 9.47 Å². The van der Waals surface area contributed by atoms with Gasteiger partial charge in [-0.1, -0.05) is 6.92 Å². The molecule has 0 amide bonds. The Labute approximate surface area is 105 Å².